The Labute approximate surface area is 257 Å². The van der Waals surface area contributed by atoms with Crippen LogP contribution in [0.5, 0.6) is 0 Å². The Morgan fingerprint density at radius 2 is 1.53 bits per heavy atom. The fourth-order valence-corrected chi connectivity index (χ4v) is 5.51. The van der Waals surface area contributed by atoms with Crippen LogP contribution in [0.3, 0.4) is 0 Å². The predicted molar refractivity (Wildman–Crippen MR) is 174 cm³/mol. The van der Waals surface area contributed by atoms with Crippen molar-refractivity contribution in [3.05, 3.63) is 95.6 Å². The lowest BCUT2D eigenvalue weighted by molar-refractivity contribution is -0.142. The zero-order chi connectivity index (χ0) is 30.7. The third-order valence-corrected chi connectivity index (χ3v) is 7.75. The summed E-state index contributed by atoms with van der Waals surface area (Å²) >= 11 is 0. The molecule has 6 heteroatoms. The summed E-state index contributed by atoms with van der Waals surface area (Å²) in [5.74, 6) is -2.37. The maximum Gasteiger partial charge on any atom is 0.304 e. The highest BCUT2D eigenvalue weighted by atomic mass is 16.5. The Balaban J connectivity index is 0.00000645. The largest absolute Gasteiger partial charge is 0.481 e. The molecule has 0 bridgehead atoms. The molecule has 0 aliphatic rings. The summed E-state index contributed by atoms with van der Waals surface area (Å²) in [5.41, 5.74) is 5.12. The Bertz CT molecular complexity index is 1310. The number of aliphatic carboxylic acids is 1. The smallest absolute Gasteiger partial charge is 0.304 e. The molecule has 0 heterocycles. The van der Waals surface area contributed by atoms with E-state index in [1.807, 2.05) is 69.3 Å². The van der Waals surface area contributed by atoms with E-state index in [1.54, 1.807) is 7.11 Å². The minimum atomic E-state index is -1.03. The van der Waals surface area contributed by atoms with Crippen LogP contribution in [-0.2, 0) is 25.5 Å². The fourth-order valence-electron chi connectivity index (χ4n) is 5.51. The molecule has 2 N–H and O–H groups in total. The minimum Gasteiger partial charge on any atom is -0.481 e. The van der Waals surface area contributed by atoms with Gasteiger partial charge in [0.1, 0.15) is 0 Å². The maximum absolute atomic E-state index is 13.6. The average Bonchev–Trinajstić information content (AvgIpc) is 2.95. The molecule has 0 unspecified atom stereocenters. The van der Waals surface area contributed by atoms with Crippen molar-refractivity contribution < 1.29 is 24.2 Å². The number of nitrogens with one attached hydrogen (secondary N) is 1. The number of carbonyl (C=O) groups is 3. The summed E-state index contributed by atoms with van der Waals surface area (Å²) in [6.07, 6.45) is 1.74. The lowest BCUT2D eigenvalue weighted by Crippen LogP contribution is -2.51. The molecule has 3 aromatic carbocycles. The van der Waals surface area contributed by atoms with Gasteiger partial charge in [0.15, 0.2) is 5.78 Å². The van der Waals surface area contributed by atoms with E-state index in [9.17, 15) is 19.5 Å². The van der Waals surface area contributed by atoms with Crippen LogP contribution in [-0.4, -0.2) is 42.5 Å². The molecule has 3 rings (SSSR count). The lowest BCUT2D eigenvalue weighted by atomic mass is 9.80. The van der Waals surface area contributed by atoms with Gasteiger partial charge in [0.25, 0.3) is 0 Å². The van der Waals surface area contributed by atoms with Crippen LogP contribution < -0.4 is 5.32 Å². The molecule has 0 aliphatic heterocycles. The van der Waals surface area contributed by atoms with Gasteiger partial charge in [-0.3, -0.25) is 14.4 Å². The molecule has 0 saturated carbocycles. The third kappa shape index (κ3) is 10.8. The normalized spacial score (nSPS) is 13.3. The monoisotopic (exact) mass is 587 g/mol. The van der Waals surface area contributed by atoms with Crippen molar-refractivity contribution in [3.63, 3.8) is 0 Å². The first kappa shape index (κ1) is 35.4. The zero-order valence-corrected chi connectivity index (χ0v) is 25.6. The van der Waals surface area contributed by atoms with E-state index >= 15 is 0 Å². The van der Waals surface area contributed by atoms with Crippen LogP contribution in [0.1, 0.15) is 76.5 Å². The molecular weight excluding hydrogens is 538 g/mol. The predicted octanol–water partition coefficient (Wildman–Crippen LogP) is 7.63. The van der Waals surface area contributed by atoms with Gasteiger partial charge in [0, 0.05) is 25.4 Å². The van der Waals surface area contributed by atoms with Crippen molar-refractivity contribution in [1.29, 1.82) is 0 Å². The number of carbonyl (C=O) groups excluding carboxylic acids is 2. The zero-order valence-electron chi connectivity index (χ0n) is 25.6. The van der Waals surface area contributed by atoms with Crippen molar-refractivity contribution in [2.24, 2.45) is 11.3 Å². The average molecular weight is 588 g/mol. The fraction of sp³-hybridized carbons (Fsp3) is 0.432. The molecule has 0 fully saturated rings. The summed E-state index contributed by atoms with van der Waals surface area (Å²) < 4.78 is 5.40. The van der Waals surface area contributed by atoms with Crippen molar-refractivity contribution in [2.45, 2.75) is 79.2 Å². The molecule has 0 aromatic heterocycles. The Morgan fingerprint density at radius 3 is 2.09 bits per heavy atom. The highest BCUT2D eigenvalue weighted by molar-refractivity contribution is 5.91. The van der Waals surface area contributed by atoms with Gasteiger partial charge in [-0.1, -0.05) is 107 Å². The topological polar surface area (TPSA) is 92.7 Å². The third-order valence-electron chi connectivity index (χ3n) is 7.75. The van der Waals surface area contributed by atoms with Crippen LogP contribution in [0, 0.1) is 18.3 Å². The van der Waals surface area contributed by atoms with E-state index in [1.165, 1.54) is 16.7 Å². The molecule has 1 amide bonds. The molecule has 6 nitrogen and oxygen atoms in total. The van der Waals surface area contributed by atoms with Crippen LogP contribution >= 0.6 is 0 Å². The maximum atomic E-state index is 13.6. The molecule has 0 saturated heterocycles. The molecule has 0 aliphatic carbocycles. The molecule has 0 spiro atoms. The van der Waals surface area contributed by atoms with Crippen molar-refractivity contribution in [1.82, 2.24) is 5.32 Å². The van der Waals surface area contributed by atoms with Gasteiger partial charge >= 0.3 is 5.97 Å². The van der Waals surface area contributed by atoms with Gasteiger partial charge in [-0.05, 0) is 59.4 Å². The summed E-state index contributed by atoms with van der Waals surface area (Å²) in [4.78, 5) is 38.8. The number of hydrogen-bond donors (Lipinski definition) is 2. The number of ketones is 1. The van der Waals surface area contributed by atoms with Crippen LogP contribution in [0.4, 0.5) is 0 Å². The van der Waals surface area contributed by atoms with E-state index in [0.29, 0.717) is 19.4 Å². The number of benzene rings is 3. The minimum absolute atomic E-state index is 0. The van der Waals surface area contributed by atoms with Gasteiger partial charge in [0.2, 0.25) is 5.91 Å². The van der Waals surface area contributed by atoms with Gasteiger partial charge in [-0.15, -0.1) is 0 Å². The number of carboxylic acid groups (broad SMARTS) is 1. The van der Waals surface area contributed by atoms with Crippen molar-refractivity contribution in [2.75, 3.05) is 13.7 Å². The van der Waals surface area contributed by atoms with E-state index in [2.05, 4.69) is 42.6 Å². The quantitative estimate of drug-likeness (QED) is 0.191. The lowest BCUT2D eigenvalue weighted by Gasteiger charge is -2.32. The van der Waals surface area contributed by atoms with Crippen LogP contribution in [0.2, 0.25) is 0 Å². The highest BCUT2D eigenvalue weighted by Crippen LogP contribution is 2.28. The second kappa shape index (κ2) is 16.8. The number of rotatable bonds is 15. The number of hydrogen-bond acceptors (Lipinski definition) is 4. The summed E-state index contributed by atoms with van der Waals surface area (Å²) in [7, 11) is 1.61. The van der Waals surface area contributed by atoms with E-state index in [-0.39, 0.29) is 37.9 Å². The standard InChI is InChI=1S/C36H45NO5.CH4/c1-25-21-26(19-20-31(25)28-16-10-7-11-17-28)13-12-18-29(23-33(39)40)35(41)37-34(36(2,3)4)32(38)22-30(24-42-5)27-14-8-6-9-15-27;/h6-11,14-17,19-21,29-30,34H,12-13,18,22-24H2,1-5H3,(H,37,41)(H,39,40);1H4/t29-,30-,34-;/m0./s1. The molecule has 3 atom stereocenters. The number of Topliss-reactive ketones (excluding diaryl/α,β-unsaturated/α-hetero) is 1. The van der Waals surface area contributed by atoms with Crippen molar-refractivity contribution in [3.8, 4) is 11.1 Å². The number of ether oxygens (including phenoxy) is 1. The van der Waals surface area contributed by atoms with Gasteiger partial charge < -0.3 is 15.2 Å². The van der Waals surface area contributed by atoms with Gasteiger partial charge in [-0.25, -0.2) is 0 Å². The second-order valence-electron chi connectivity index (χ2n) is 12.2. The number of methoxy groups -OCH3 is 1. The number of amides is 1. The highest BCUT2D eigenvalue weighted by Gasteiger charge is 2.35. The van der Waals surface area contributed by atoms with E-state index in [0.717, 1.165) is 17.5 Å². The van der Waals surface area contributed by atoms with E-state index in [4.69, 9.17) is 4.74 Å². The van der Waals surface area contributed by atoms with Crippen LogP contribution in [0.25, 0.3) is 11.1 Å². The first-order valence-electron chi connectivity index (χ1n) is 14.7. The van der Waals surface area contributed by atoms with Gasteiger partial charge in [-0.2, -0.15) is 0 Å². The first-order valence-corrected chi connectivity index (χ1v) is 14.7. The molecule has 0 radical (unpaired) electrons. The molecular formula is C37H49NO5. The second-order valence-corrected chi connectivity index (χ2v) is 12.2. The summed E-state index contributed by atoms with van der Waals surface area (Å²) in [6, 6.07) is 25.6. The van der Waals surface area contributed by atoms with Gasteiger partial charge in [0.05, 0.1) is 19.1 Å². The van der Waals surface area contributed by atoms with Crippen molar-refractivity contribution >= 4 is 17.7 Å². The van der Waals surface area contributed by atoms with E-state index < -0.39 is 23.3 Å². The number of aryl methyl sites for hydroxylation is 2. The summed E-state index contributed by atoms with van der Waals surface area (Å²) in [5, 5.41) is 12.5. The first-order chi connectivity index (χ1) is 20.0. The molecule has 3 aromatic rings. The van der Waals surface area contributed by atoms with Crippen LogP contribution in [0.15, 0.2) is 78.9 Å². The SMILES string of the molecule is C.COC[C@H](CC(=O)[C@H](NC(=O)[C@@H](CCCc1ccc(-c2ccccc2)c(C)c1)CC(=O)O)C(C)(C)C)c1ccccc1. The summed E-state index contributed by atoms with van der Waals surface area (Å²) in [6.45, 7) is 8.21. The Hall–Kier alpha value is -3.77. The Kier molecular flexibility index (Phi) is 13.8. The molecule has 232 valence electrons. The Morgan fingerprint density at radius 1 is 0.907 bits per heavy atom. The number of carboxylic acids is 1. The molecule has 43 heavy (non-hydrogen) atoms.